The van der Waals surface area contributed by atoms with Crippen LogP contribution >= 0.6 is 0 Å². The second-order valence-corrected chi connectivity index (χ2v) is 10.2. The highest BCUT2D eigenvalue weighted by Crippen LogP contribution is 2.37. The van der Waals surface area contributed by atoms with Crippen LogP contribution < -0.4 is 11.3 Å². The Morgan fingerprint density at radius 1 is 0.571 bits per heavy atom. The van der Waals surface area contributed by atoms with E-state index in [4.69, 9.17) is 8.83 Å². The minimum absolute atomic E-state index is 0.00608. The van der Waals surface area contributed by atoms with Crippen molar-refractivity contribution in [3.8, 4) is 34.5 Å². The first-order valence-corrected chi connectivity index (χ1v) is 13.1. The first-order chi connectivity index (χ1) is 19.9. The summed E-state index contributed by atoms with van der Waals surface area (Å²) in [5.41, 5.74) is -1.25. The number of benzene rings is 2. The van der Waals surface area contributed by atoms with Crippen molar-refractivity contribution in [1.29, 1.82) is 0 Å². The molecule has 0 unspecified atom stereocenters. The molecule has 0 amide bonds. The van der Waals surface area contributed by atoms with Gasteiger partial charge in [-0.1, -0.05) is 44.6 Å². The van der Waals surface area contributed by atoms with Gasteiger partial charge in [-0.15, -0.1) is 0 Å². The van der Waals surface area contributed by atoms with Gasteiger partial charge in [0.2, 0.25) is 0 Å². The summed E-state index contributed by atoms with van der Waals surface area (Å²) in [5, 5.41) is 60.1. The number of rotatable bonds is 9. The Labute approximate surface area is 240 Å². The Kier molecular flexibility index (Phi) is 8.76. The summed E-state index contributed by atoms with van der Waals surface area (Å²) in [7, 11) is 0. The average Bonchev–Trinajstić information content (AvgIpc) is 2.92. The van der Waals surface area contributed by atoms with Crippen molar-refractivity contribution in [2.45, 2.75) is 32.6 Å². The van der Waals surface area contributed by atoms with E-state index in [2.05, 4.69) is 0 Å². The third kappa shape index (κ3) is 6.84. The van der Waals surface area contributed by atoms with Gasteiger partial charge in [0.25, 0.3) is 0 Å². The van der Waals surface area contributed by atoms with Gasteiger partial charge >= 0.3 is 11.3 Å². The fourth-order valence-electron chi connectivity index (χ4n) is 4.40. The van der Waals surface area contributed by atoms with E-state index >= 15 is 0 Å². The molecule has 0 saturated heterocycles. The molecule has 0 fully saturated rings. The van der Waals surface area contributed by atoms with Crippen molar-refractivity contribution in [2.75, 3.05) is 0 Å². The fraction of sp³-hybridized carbons (Fsp3) is 0.188. The number of phenols is 4. The highest BCUT2D eigenvalue weighted by Gasteiger charge is 2.29. The molecular formula is C32H30O10. The van der Waals surface area contributed by atoms with Gasteiger partial charge in [0, 0.05) is 18.1 Å². The van der Waals surface area contributed by atoms with Crippen LogP contribution in [-0.2, 0) is 0 Å². The van der Waals surface area contributed by atoms with E-state index in [-0.39, 0.29) is 58.0 Å². The normalized spacial score (nSPS) is 11.8. The maximum absolute atomic E-state index is 13.1. The minimum Gasteiger partial charge on any atom is -0.507 e. The molecule has 0 atom stereocenters. The lowest BCUT2D eigenvalue weighted by Crippen LogP contribution is -2.21. The molecule has 0 bridgehead atoms. The largest absolute Gasteiger partial charge is 0.507 e. The SMILES string of the molecule is CC(C)CCC(c1c(O)cc(/C=C/c2ccc(O)c(O)c2)oc1=O)c1c(O)cc(/C=C/c2ccc(O)c(O)c2)oc1=O. The predicted octanol–water partition coefficient (Wildman–Crippen LogP) is 5.74. The first-order valence-electron chi connectivity index (χ1n) is 13.1. The summed E-state index contributed by atoms with van der Waals surface area (Å²) in [6.45, 7) is 3.90. The third-order valence-corrected chi connectivity index (χ3v) is 6.58. The van der Waals surface area contributed by atoms with Gasteiger partial charge in [-0.3, -0.25) is 0 Å². The summed E-state index contributed by atoms with van der Waals surface area (Å²) >= 11 is 0. The highest BCUT2D eigenvalue weighted by atomic mass is 16.4. The summed E-state index contributed by atoms with van der Waals surface area (Å²) in [4.78, 5) is 26.3. The van der Waals surface area contributed by atoms with Gasteiger partial charge in [0.15, 0.2) is 23.0 Å². The molecule has 6 N–H and O–H groups in total. The average molecular weight is 575 g/mol. The maximum Gasteiger partial charge on any atom is 0.343 e. The van der Waals surface area contributed by atoms with Gasteiger partial charge in [0.1, 0.15) is 23.0 Å². The summed E-state index contributed by atoms with van der Waals surface area (Å²) in [6, 6.07) is 10.7. The van der Waals surface area contributed by atoms with Crippen LogP contribution in [0.3, 0.4) is 0 Å². The van der Waals surface area contributed by atoms with E-state index in [0.717, 1.165) is 0 Å². The predicted molar refractivity (Wildman–Crippen MR) is 157 cm³/mol. The molecular weight excluding hydrogens is 544 g/mol. The quantitative estimate of drug-likeness (QED) is 0.135. The van der Waals surface area contributed by atoms with Crippen molar-refractivity contribution < 1.29 is 39.5 Å². The minimum atomic E-state index is -1.04. The van der Waals surface area contributed by atoms with Crippen LogP contribution in [0, 0.1) is 5.92 Å². The molecule has 4 rings (SSSR count). The zero-order valence-electron chi connectivity index (χ0n) is 22.8. The molecule has 0 radical (unpaired) electrons. The van der Waals surface area contributed by atoms with Crippen LogP contribution in [0.25, 0.3) is 24.3 Å². The fourth-order valence-corrected chi connectivity index (χ4v) is 4.40. The number of hydrogen-bond acceptors (Lipinski definition) is 10. The van der Waals surface area contributed by atoms with Crippen LogP contribution in [0.4, 0.5) is 0 Å². The van der Waals surface area contributed by atoms with Gasteiger partial charge in [-0.05, 0) is 59.9 Å². The Hall–Kier alpha value is -5.38. The van der Waals surface area contributed by atoms with Crippen LogP contribution in [0.15, 0.2) is 67.0 Å². The maximum atomic E-state index is 13.1. The molecule has 2 heterocycles. The number of hydrogen-bond donors (Lipinski definition) is 6. The Balaban J connectivity index is 1.70. The summed E-state index contributed by atoms with van der Waals surface area (Å²) in [5.74, 6) is -3.00. The lowest BCUT2D eigenvalue weighted by atomic mass is 9.86. The number of phenolic OH excluding ortho intramolecular Hbond substituents is 4. The van der Waals surface area contributed by atoms with E-state index in [1.807, 2.05) is 13.8 Å². The smallest absolute Gasteiger partial charge is 0.343 e. The van der Waals surface area contributed by atoms with E-state index in [9.17, 15) is 40.2 Å². The molecule has 218 valence electrons. The van der Waals surface area contributed by atoms with Crippen molar-refractivity contribution in [3.05, 3.63) is 103 Å². The van der Waals surface area contributed by atoms with Crippen molar-refractivity contribution in [1.82, 2.24) is 0 Å². The number of aromatic hydroxyl groups is 6. The zero-order chi connectivity index (χ0) is 30.6. The molecule has 2 aromatic carbocycles. The highest BCUT2D eigenvalue weighted by molar-refractivity contribution is 5.70. The Morgan fingerprint density at radius 3 is 1.36 bits per heavy atom. The van der Waals surface area contributed by atoms with E-state index < -0.39 is 28.7 Å². The van der Waals surface area contributed by atoms with Crippen LogP contribution in [0.1, 0.15) is 66.4 Å². The molecule has 0 aliphatic heterocycles. The van der Waals surface area contributed by atoms with E-state index in [1.165, 1.54) is 72.8 Å². The van der Waals surface area contributed by atoms with Crippen LogP contribution in [-0.4, -0.2) is 30.6 Å². The van der Waals surface area contributed by atoms with Gasteiger partial charge in [-0.25, -0.2) is 9.59 Å². The topological polar surface area (TPSA) is 182 Å². The summed E-state index contributed by atoms with van der Waals surface area (Å²) < 4.78 is 10.8. The van der Waals surface area contributed by atoms with E-state index in [1.54, 1.807) is 0 Å². The molecule has 42 heavy (non-hydrogen) atoms. The second-order valence-electron chi connectivity index (χ2n) is 10.2. The van der Waals surface area contributed by atoms with Crippen molar-refractivity contribution >= 4 is 24.3 Å². The first kappa shape index (κ1) is 29.6. The molecule has 0 aliphatic carbocycles. The molecule has 0 aliphatic rings. The van der Waals surface area contributed by atoms with Crippen molar-refractivity contribution in [2.24, 2.45) is 5.92 Å². The molecule has 10 nitrogen and oxygen atoms in total. The van der Waals surface area contributed by atoms with Gasteiger partial charge < -0.3 is 39.5 Å². The van der Waals surface area contributed by atoms with Crippen molar-refractivity contribution in [3.63, 3.8) is 0 Å². The van der Waals surface area contributed by atoms with Gasteiger partial charge in [0.05, 0.1) is 11.1 Å². The molecule has 0 spiro atoms. The van der Waals surface area contributed by atoms with Crippen LogP contribution in [0.2, 0.25) is 0 Å². The Morgan fingerprint density at radius 2 is 1.00 bits per heavy atom. The van der Waals surface area contributed by atoms with E-state index in [0.29, 0.717) is 17.5 Å². The third-order valence-electron chi connectivity index (χ3n) is 6.58. The molecule has 2 aromatic heterocycles. The van der Waals surface area contributed by atoms with Crippen LogP contribution in [0.5, 0.6) is 34.5 Å². The summed E-state index contributed by atoms with van der Waals surface area (Å²) in [6.07, 6.45) is 6.54. The molecule has 4 aromatic rings. The molecule has 10 heteroatoms. The van der Waals surface area contributed by atoms with Gasteiger partial charge in [-0.2, -0.15) is 0 Å². The lowest BCUT2D eigenvalue weighted by Gasteiger charge is -2.19. The standard InChI is InChI=1S/C32H30O10/c1-17(2)3-10-22(29-27(37)15-20(41-31(29)39)8-4-18-6-11-23(33)25(35)13-18)30-28(38)16-21(42-32(30)40)9-5-19-7-12-24(34)26(36)14-19/h4-9,11-17,22,33-38H,3,10H2,1-2H3/b8-4+,9-5+. The Bertz CT molecular complexity index is 1650. The zero-order valence-corrected chi connectivity index (χ0v) is 22.8. The monoisotopic (exact) mass is 574 g/mol. The lowest BCUT2D eigenvalue weighted by molar-refractivity contribution is 0.398. The molecule has 0 saturated carbocycles. The second kappa shape index (κ2) is 12.4.